The zero-order chi connectivity index (χ0) is 41.3. The van der Waals surface area contributed by atoms with Crippen LogP contribution < -0.4 is 14.3 Å². The average Bonchev–Trinajstić information content (AvgIpc) is 3.89. The summed E-state index contributed by atoms with van der Waals surface area (Å²) < 4.78 is 12.6. The lowest BCUT2D eigenvalue weighted by Gasteiger charge is -2.56. The first kappa shape index (κ1) is 37.8. The molecule has 11 rings (SSSR count). The molecule has 2 aliphatic carbocycles. The lowest BCUT2D eigenvalue weighted by Crippen LogP contribution is -2.80. The molecule has 4 atom stereocenters. The molecule has 4 unspecified atom stereocenters. The summed E-state index contributed by atoms with van der Waals surface area (Å²) in [6.45, 7) is 21.6. The molecular formula is C55H59N3OSi+2. The highest BCUT2D eigenvalue weighted by atomic mass is 28.3. The van der Waals surface area contributed by atoms with Gasteiger partial charge in [-0.15, -0.1) is 6.58 Å². The maximum atomic E-state index is 7.18. The number of aryl methyl sites for hydroxylation is 1. The number of hydrogen-bond donors (Lipinski definition) is 0. The quantitative estimate of drug-likeness (QED) is 0.0953. The molecule has 5 heteroatoms. The normalized spacial score (nSPS) is 21.9. The Labute approximate surface area is 357 Å². The van der Waals surface area contributed by atoms with Gasteiger partial charge in [0.1, 0.15) is 11.8 Å². The third kappa shape index (κ3) is 5.43. The van der Waals surface area contributed by atoms with Crippen LogP contribution >= 0.6 is 0 Å². The summed E-state index contributed by atoms with van der Waals surface area (Å²) in [5.41, 5.74) is 15.8. The van der Waals surface area contributed by atoms with Crippen LogP contribution in [0.3, 0.4) is 0 Å². The first-order valence-corrected chi connectivity index (χ1v) is 26.2. The molecular weight excluding hydrogens is 747 g/mol. The monoisotopic (exact) mass is 805 g/mol. The van der Waals surface area contributed by atoms with E-state index < -0.39 is 8.07 Å². The topological polar surface area (TPSA) is 33.8 Å². The second kappa shape index (κ2) is 13.4. The number of nitrogens with zero attached hydrogens (tertiary/aromatic N) is 3. The molecule has 1 spiro atoms. The zero-order valence-electron chi connectivity index (χ0n) is 36.6. The molecule has 4 aromatic heterocycles. The third-order valence-electron chi connectivity index (χ3n) is 15.1. The van der Waals surface area contributed by atoms with E-state index in [1.807, 2.05) is 0 Å². The van der Waals surface area contributed by atoms with Gasteiger partial charge in [-0.1, -0.05) is 134 Å². The van der Waals surface area contributed by atoms with Crippen LogP contribution in [0.25, 0.3) is 55.8 Å². The molecule has 0 bridgehead atoms. The van der Waals surface area contributed by atoms with Crippen molar-refractivity contribution >= 4 is 35.3 Å². The van der Waals surface area contributed by atoms with E-state index >= 15 is 0 Å². The van der Waals surface area contributed by atoms with Gasteiger partial charge in [0.15, 0.2) is 29.6 Å². The summed E-state index contributed by atoms with van der Waals surface area (Å²) in [6.07, 6.45) is 15.8. The molecule has 2 saturated carbocycles. The van der Waals surface area contributed by atoms with E-state index in [-0.39, 0.29) is 28.8 Å². The molecule has 0 N–H and O–H groups in total. The number of benzene rings is 3. The minimum absolute atomic E-state index is 0.121. The van der Waals surface area contributed by atoms with Gasteiger partial charge in [0.05, 0.1) is 24.9 Å². The van der Waals surface area contributed by atoms with Crippen molar-refractivity contribution in [2.24, 2.45) is 11.8 Å². The molecule has 6 heterocycles. The van der Waals surface area contributed by atoms with Crippen LogP contribution in [-0.2, 0) is 30.2 Å². The van der Waals surface area contributed by atoms with Crippen LogP contribution in [0.4, 0.5) is 0 Å². The standard InChI is InChI=1S/C55H59N3OSi/c1-9-36-31-45-39-22-16-17-23-40(39)50-51(57(45)33-47(36)60(6,7)8)42(10-2)55(50)32-38-30-43(54(3,4)5)49-41-24-25-44(37-20-12-11-13-21-37)56-53(41)59-52(49)48(38)46-29-35(26-27-58(46)55)28-34-18-14-15-19-34/h10-13,16-17,20-27,29-31,33-34,42,50-51H,2,9,14-15,18-19,28,32H2,1,3-8H3/q+2. The van der Waals surface area contributed by atoms with Crippen molar-refractivity contribution in [2.45, 2.75) is 115 Å². The number of allylic oxidation sites excluding steroid dienone is 1. The van der Waals surface area contributed by atoms with Gasteiger partial charge in [0, 0.05) is 46.1 Å². The molecule has 4 nitrogen and oxygen atoms in total. The molecule has 3 aromatic carbocycles. The molecule has 0 saturated heterocycles. The van der Waals surface area contributed by atoms with Crippen LogP contribution in [0.1, 0.15) is 93.2 Å². The first-order valence-electron chi connectivity index (χ1n) is 22.7. The Balaban J connectivity index is 1.18. The summed E-state index contributed by atoms with van der Waals surface area (Å²) >= 11 is 0. The number of rotatable bonds is 6. The molecule has 2 fully saturated rings. The van der Waals surface area contributed by atoms with Gasteiger partial charge in [-0.25, -0.2) is 4.98 Å². The van der Waals surface area contributed by atoms with Gasteiger partial charge in [-0.2, -0.15) is 9.13 Å². The second-order valence-corrected chi connectivity index (χ2v) is 25.7. The van der Waals surface area contributed by atoms with E-state index in [0.717, 1.165) is 47.4 Å². The van der Waals surface area contributed by atoms with Crippen molar-refractivity contribution in [3.63, 3.8) is 0 Å². The Morgan fingerprint density at radius 3 is 2.42 bits per heavy atom. The van der Waals surface area contributed by atoms with Crippen LogP contribution in [0.2, 0.25) is 19.6 Å². The number of pyridine rings is 3. The summed E-state index contributed by atoms with van der Waals surface area (Å²) in [7, 11) is -1.64. The van der Waals surface area contributed by atoms with Crippen LogP contribution in [-0.4, -0.2) is 13.1 Å². The van der Waals surface area contributed by atoms with E-state index in [9.17, 15) is 0 Å². The lowest BCUT2D eigenvalue weighted by molar-refractivity contribution is -0.837. The van der Waals surface area contributed by atoms with Crippen molar-refractivity contribution in [3.8, 4) is 33.8 Å². The Bertz CT molecular complexity index is 2890. The van der Waals surface area contributed by atoms with Crippen LogP contribution in [0.5, 0.6) is 0 Å². The number of hydrogen-bond acceptors (Lipinski definition) is 2. The van der Waals surface area contributed by atoms with Gasteiger partial charge >= 0.3 is 0 Å². The highest BCUT2D eigenvalue weighted by Crippen LogP contribution is 2.65. The molecule has 302 valence electrons. The highest BCUT2D eigenvalue weighted by Gasteiger charge is 2.76. The van der Waals surface area contributed by atoms with E-state index in [1.54, 1.807) is 5.19 Å². The second-order valence-electron chi connectivity index (χ2n) is 20.7. The minimum Gasteiger partial charge on any atom is -0.437 e. The average molecular weight is 806 g/mol. The summed E-state index contributed by atoms with van der Waals surface area (Å²) in [5.74, 6) is 1.22. The SMILES string of the molecule is C=CC1C2C(c3ccccc3-c3cc(CC)c([Si](C)(C)C)c[n+]32)C12Cc1cc(C(C)(C)C)c3c(oc4nc(-c5ccccc5)ccc43)c1-c1cc(CC3CCCC3)cc[n+]12. The van der Waals surface area contributed by atoms with Gasteiger partial charge < -0.3 is 4.42 Å². The Kier molecular flexibility index (Phi) is 8.47. The largest absolute Gasteiger partial charge is 0.437 e. The predicted molar refractivity (Wildman–Crippen MR) is 249 cm³/mol. The Morgan fingerprint density at radius 1 is 0.917 bits per heavy atom. The molecule has 0 radical (unpaired) electrons. The van der Waals surface area contributed by atoms with Crippen LogP contribution in [0.15, 0.2) is 120 Å². The third-order valence-corrected chi connectivity index (χ3v) is 17.2. The summed E-state index contributed by atoms with van der Waals surface area (Å²) in [4.78, 5) is 5.23. The van der Waals surface area contributed by atoms with Gasteiger partial charge in [0.2, 0.25) is 17.1 Å². The maximum Gasteiger partial charge on any atom is 0.227 e. The van der Waals surface area contributed by atoms with Crippen LogP contribution in [0, 0.1) is 11.8 Å². The lowest BCUT2D eigenvalue weighted by atomic mass is 9.48. The number of fused-ring (bicyclic) bond motifs is 15. The van der Waals surface area contributed by atoms with Crippen molar-refractivity contribution in [3.05, 3.63) is 144 Å². The molecule has 7 aromatic rings. The Hall–Kier alpha value is -5.13. The number of furan rings is 1. The molecule has 60 heavy (non-hydrogen) atoms. The highest BCUT2D eigenvalue weighted by molar-refractivity contribution is 6.89. The van der Waals surface area contributed by atoms with E-state index in [2.05, 4.69) is 166 Å². The van der Waals surface area contributed by atoms with E-state index in [0.29, 0.717) is 5.71 Å². The fraction of sp³-hybridized carbons (Fsp3) is 0.364. The van der Waals surface area contributed by atoms with E-state index in [1.165, 1.54) is 81.4 Å². The fourth-order valence-electron chi connectivity index (χ4n) is 12.4. The van der Waals surface area contributed by atoms with E-state index in [4.69, 9.17) is 16.0 Å². The van der Waals surface area contributed by atoms with Crippen molar-refractivity contribution < 1.29 is 13.6 Å². The summed E-state index contributed by atoms with van der Waals surface area (Å²) in [6, 6.07) is 34.7. The fourth-order valence-corrected chi connectivity index (χ4v) is 14.2. The molecule has 0 amide bonds. The molecule has 2 aliphatic heterocycles. The minimum atomic E-state index is -1.64. The van der Waals surface area contributed by atoms with Crippen molar-refractivity contribution in [1.82, 2.24) is 4.98 Å². The maximum absolute atomic E-state index is 7.18. The smallest absolute Gasteiger partial charge is 0.227 e. The van der Waals surface area contributed by atoms with Gasteiger partial charge in [-0.3, -0.25) is 0 Å². The predicted octanol–water partition coefficient (Wildman–Crippen LogP) is 12.1. The van der Waals surface area contributed by atoms with Crippen molar-refractivity contribution in [1.29, 1.82) is 0 Å². The van der Waals surface area contributed by atoms with Gasteiger partial charge in [0.25, 0.3) is 0 Å². The van der Waals surface area contributed by atoms with Crippen molar-refractivity contribution in [2.75, 3.05) is 0 Å². The Morgan fingerprint density at radius 2 is 1.68 bits per heavy atom. The number of aromatic nitrogens is 3. The molecule has 4 aliphatic rings. The summed E-state index contributed by atoms with van der Waals surface area (Å²) in [5, 5.41) is 3.88. The first-order chi connectivity index (χ1) is 28.9. The zero-order valence-corrected chi connectivity index (χ0v) is 37.6. The van der Waals surface area contributed by atoms with Gasteiger partial charge in [-0.05, 0) is 70.2 Å².